The van der Waals surface area contributed by atoms with Gasteiger partial charge >= 0.3 is 7.12 Å². The average molecular weight is 256 g/mol. The number of phenols is 3. The van der Waals surface area contributed by atoms with Crippen molar-refractivity contribution >= 4 is 25.9 Å². The Morgan fingerprint density at radius 1 is 0.842 bits per heavy atom. The third kappa shape index (κ3) is 2.14. The van der Waals surface area contributed by atoms with Gasteiger partial charge in [0, 0.05) is 5.56 Å². The molecule has 0 unspecified atom stereocenters. The van der Waals surface area contributed by atoms with E-state index in [2.05, 4.69) is 0 Å². The van der Waals surface area contributed by atoms with E-state index in [0.717, 1.165) is 0 Å². The van der Waals surface area contributed by atoms with Crippen LogP contribution in [0.2, 0.25) is 0 Å². The lowest BCUT2D eigenvalue weighted by molar-refractivity contribution is 0.390. The number of aromatic hydroxyl groups is 3. The standard InChI is InChI=1S/C12H10B2O5/c13-8-7(6-4-2-1-3-5-6)10(15)12(17)9(11(8)16)14(18)19/h1-5,15-19H. The highest BCUT2D eigenvalue weighted by atomic mass is 16.4. The molecule has 0 aliphatic carbocycles. The van der Waals surface area contributed by atoms with E-state index in [1.165, 1.54) is 0 Å². The first-order valence-electron chi connectivity index (χ1n) is 5.43. The zero-order valence-corrected chi connectivity index (χ0v) is 9.78. The molecule has 0 atom stereocenters. The molecule has 0 bridgehead atoms. The van der Waals surface area contributed by atoms with Crippen LogP contribution in [-0.4, -0.2) is 40.3 Å². The zero-order valence-electron chi connectivity index (χ0n) is 9.78. The van der Waals surface area contributed by atoms with Gasteiger partial charge in [-0.25, -0.2) is 0 Å². The Bertz CT molecular complexity index is 584. The van der Waals surface area contributed by atoms with Gasteiger partial charge in [-0.15, -0.1) is 0 Å². The maximum atomic E-state index is 9.92. The molecule has 0 aromatic heterocycles. The van der Waals surface area contributed by atoms with Crippen LogP contribution >= 0.6 is 0 Å². The Balaban J connectivity index is 2.79. The molecule has 0 fully saturated rings. The molecule has 0 aliphatic heterocycles. The minimum Gasteiger partial charge on any atom is -0.509 e. The average Bonchev–Trinajstić information content (AvgIpc) is 2.38. The molecular weight excluding hydrogens is 246 g/mol. The highest BCUT2D eigenvalue weighted by Gasteiger charge is 2.28. The van der Waals surface area contributed by atoms with Gasteiger partial charge in [0.05, 0.1) is 5.46 Å². The van der Waals surface area contributed by atoms with Crippen molar-refractivity contribution in [1.82, 2.24) is 0 Å². The molecule has 19 heavy (non-hydrogen) atoms. The van der Waals surface area contributed by atoms with Gasteiger partial charge in [0.25, 0.3) is 0 Å². The van der Waals surface area contributed by atoms with Gasteiger partial charge in [-0.1, -0.05) is 30.3 Å². The van der Waals surface area contributed by atoms with Gasteiger partial charge in [-0.2, -0.15) is 0 Å². The predicted octanol–water partition coefficient (Wildman–Crippen LogP) is -1.06. The summed E-state index contributed by atoms with van der Waals surface area (Å²) in [5.41, 5.74) is -0.374. The van der Waals surface area contributed by atoms with E-state index in [0.29, 0.717) is 5.56 Å². The first-order chi connectivity index (χ1) is 8.95. The zero-order chi connectivity index (χ0) is 14.2. The molecule has 94 valence electrons. The smallest absolute Gasteiger partial charge is 0.496 e. The van der Waals surface area contributed by atoms with Crippen LogP contribution in [0.3, 0.4) is 0 Å². The molecule has 5 nitrogen and oxygen atoms in total. The highest BCUT2D eigenvalue weighted by molar-refractivity contribution is 6.62. The molecule has 2 radical (unpaired) electrons. The first kappa shape index (κ1) is 13.3. The minimum atomic E-state index is -2.15. The van der Waals surface area contributed by atoms with E-state index in [1.807, 2.05) is 0 Å². The topological polar surface area (TPSA) is 101 Å². The summed E-state index contributed by atoms with van der Waals surface area (Å²) in [6.45, 7) is 0. The Kier molecular flexibility index (Phi) is 3.42. The Morgan fingerprint density at radius 3 is 1.95 bits per heavy atom. The molecular formula is C12H10B2O5. The van der Waals surface area contributed by atoms with Crippen LogP contribution in [0, 0.1) is 0 Å². The molecule has 5 N–H and O–H groups in total. The van der Waals surface area contributed by atoms with E-state index < -0.39 is 29.8 Å². The summed E-state index contributed by atoms with van der Waals surface area (Å²) in [4.78, 5) is 0. The summed E-state index contributed by atoms with van der Waals surface area (Å²) < 4.78 is 0. The van der Waals surface area contributed by atoms with Crippen molar-refractivity contribution < 1.29 is 25.4 Å². The monoisotopic (exact) mass is 256 g/mol. The summed E-state index contributed by atoms with van der Waals surface area (Å²) in [6, 6.07) is 8.38. The van der Waals surface area contributed by atoms with E-state index in [4.69, 9.17) is 17.9 Å². The number of hydrogen-bond acceptors (Lipinski definition) is 5. The summed E-state index contributed by atoms with van der Waals surface area (Å²) >= 11 is 0. The van der Waals surface area contributed by atoms with Gasteiger partial charge in [0.15, 0.2) is 11.5 Å². The van der Waals surface area contributed by atoms with Crippen molar-refractivity contribution in [1.29, 1.82) is 0 Å². The Hall–Kier alpha value is -2.11. The first-order valence-corrected chi connectivity index (χ1v) is 5.43. The number of phenolic OH excluding ortho intramolecular Hbond substituents is 3. The van der Waals surface area contributed by atoms with Crippen LogP contribution in [0.5, 0.6) is 17.2 Å². The van der Waals surface area contributed by atoms with Crippen molar-refractivity contribution in [2.24, 2.45) is 0 Å². The molecule has 0 aliphatic rings. The van der Waals surface area contributed by atoms with Crippen LogP contribution in [0.25, 0.3) is 11.1 Å². The second-order valence-electron chi connectivity index (χ2n) is 3.99. The molecule has 7 heteroatoms. The number of hydrogen-bond donors (Lipinski definition) is 5. The van der Waals surface area contributed by atoms with Crippen LogP contribution in [-0.2, 0) is 0 Å². The number of benzene rings is 2. The van der Waals surface area contributed by atoms with Gasteiger partial charge in [0.1, 0.15) is 13.6 Å². The fraction of sp³-hybridized carbons (Fsp3) is 0. The lowest BCUT2D eigenvalue weighted by Gasteiger charge is -2.16. The van der Waals surface area contributed by atoms with E-state index in [9.17, 15) is 15.3 Å². The van der Waals surface area contributed by atoms with Crippen LogP contribution in [0.1, 0.15) is 0 Å². The minimum absolute atomic E-state index is 0.0278. The summed E-state index contributed by atoms with van der Waals surface area (Å²) in [5.74, 6) is -2.12. The Morgan fingerprint density at radius 2 is 1.42 bits per heavy atom. The van der Waals surface area contributed by atoms with E-state index >= 15 is 0 Å². The summed E-state index contributed by atoms with van der Waals surface area (Å²) in [5, 5.41) is 47.6. The second-order valence-corrected chi connectivity index (χ2v) is 3.99. The van der Waals surface area contributed by atoms with Gasteiger partial charge in [-0.05, 0) is 11.0 Å². The molecule has 2 aromatic rings. The maximum Gasteiger partial charge on any atom is 0.496 e. The Labute approximate surface area is 111 Å². The maximum absolute atomic E-state index is 9.92. The summed E-state index contributed by atoms with van der Waals surface area (Å²) in [7, 11) is 3.53. The quantitative estimate of drug-likeness (QED) is 0.268. The van der Waals surface area contributed by atoms with Crippen LogP contribution < -0.4 is 10.9 Å². The predicted molar refractivity (Wildman–Crippen MR) is 72.1 cm³/mol. The van der Waals surface area contributed by atoms with Crippen LogP contribution in [0.4, 0.5) is 0 Å². The van der Waals surface area contributed by atoms with Crippen LogP contribution in [0.15, 0.2) is 30.3 Å². The molecule has 0 amide bonds. The fourth-order valence-electron chi connectivity index (χ4n) is 1.89. The van der Waals surface area contributed by atoms with Crippen molar-refractivity contribution in [3.63, 3.8) is 0 Å². The highest BCUT2D eigenvalue weighted by Crippen LogP contribution is 2.36. The van der Waals surface area contributed by atoms with Crippen molar-refractivity contribution in [3.05, 3.63) is 30.3 Å². The van der Waals surface area contributed by atoms with Crippen molar-refractivity contribution in [2.75, 3.05) is 0 Å². The van der Waals surface area contributed by atoms with E-state index in [1.54, 1.807) is 30.3 Å². The lowest BCUT2D eigenvalue weighted by Crippen LogP contribution is -2.34. The fourth-order valence-corrected chi connectivity index (χ4v) is 1.89. The van der Waals surface area contributed by atoms with Gasteiger partial charge in [0.2, 0.25) is 0 Å². The summed E-state index contributed by atoms with van der Waals surface area (Å²) in [6.07, 6.45) is 0. The molecule has 0 spiro atoms. The molecule has 0 heterocycles. The normalized spacial score (nSPS) is 10.4. The molecule has 2 aromatic carbocycles. The van der Waals surface area contributed by atoms with Crippen molar-refractivity contribution in [3.8, 4) is 28.4 Å². The van der Waals surface area contributed by atoms with E-state index in [-0.39, 0.29) is 11.0 Å². The van der Waals surface area contributed by atoms with Gasteiger partial charge in [-0.3, -0.25) is 0 Å². The molecule has 0 saturated carbocycles. The van der Waals surface area contributed by atoms with Crippen molar-refractivity contribution in [2.45, 2.75) is 0 Å². The molecule has 2 rings (SSSR count). The molecule has 0 saturated heterocycles. The third-order valence-electron chi connectivity index (χ3n) is 2.82. The number of rotatable bonds is 2. The second kappa shape index (κ2) is 4.87. The third-order valence-corrected chi connectivity index (χ3v) is 2.82. The van der Waals surface area contributed by atoms with Gasteiger partial charge < -0.3 is 25.4 Å². The largest absolute Gasteiger partial charge is 0.509 e. The lowest BCUT2D eigenvalue weighted by atomic mass is 9.72. The SMILES string of the molecule is [B]c1c(O)c(B(O)O)c(O)c(O)c1-c1ccccc1.